The quantitative estimate of drug-likeness (QED) is 0.732. The lowest BCUT2D eigenvalue weighted by Gasteiger charge is -2.25. The zero-order valence-corrected chi connectivity index (χ0v) is 14.2. The molecule has 0 radical (unpaired) electrons. The molecule has 0 bridgehead atoms. The number of pyridine rings is 1. The van der Waals surface area contributed by atoms with Crippen molar-refractivity contribution in [3.63, 3.8) is 0 Å². The maximum atomic E-state index is 11.6. The molecule has 0 unspecified atom stereocenters. The number of nitrogens with zero attached hydrogens (tertiary/aromatic N) is 2. The highest BCUT2D eigenvalue weighted by Gasteiger charge is 2.16. The summed E-state index contributed by atoms with van der Waals surface area (Å²) >= 11 is 6.17. The van der Waals surface area contributed by atoms with Crippen LogP contribution in [0.15, 0.2) is 48.7 Å². The van der Waals surface area contributed by atoms with Gasteiger partial charge in [-0.2, -0.15) is 0 Å². The molecule has 0 saturated heterocycles. The first-order valence-corrected chi connectivity index (χ1v) is 7.91. The molecule has 5 heteroatoms. The van der Waals surface area contributed by atoms with E-state index in [4.69, 9.17) is 11.6 Å². The lowest BCUT2D eigenvalue weighted by molar-refractivity contribution is -0.254. The summed E-state index contributed by atoms with van der Waals surface area (Å²) in [4.78, 5) is 17.8. The fraction of sp³-hybridized carbons (Fsp3) is 0.158. The summed E-state index contributed by atoms with van der Waals surface area (Å²) in [7, 11) is 1.86. The van der Waals surface area contributed by atoms with Crippen molar-refractivity contribution in [1.29, 1.82) is 0 Å². The molecule has 24 heavy (non-hydrogen) atoms. The summed E-state index contributed by atoms with van der Waals surface area (Å²) in [6.07, 6.45) is 1.35. The number of aryl methyl sites for hydroxylation is 1. The Balaban J connectivity index is 2.18. The third-order valence-electron chi connectivity index (χ3n) is 4.06. The highest BCUT2D eigenvalue weighted by molar-refractivity contribution is 6.32. The molecule has 0 aliphatic rings. The van der Waals surface area contributed by atoms with Crippen molar-refractivity contribution in [2.75, 3.05) is 11.9 Å². The largest absolute Gasteiger partial charge is 0.545 e. The van der Waals surface area contributed by atoms with Crippen molar-refractivity contribution >= 4 is 34.2 Å². The number of anilines is 1. The van der Waals surface area contributed by atoms with Gasteiger partial charge in [-0.15, -0.1) is 0 Å². The normalized spacial score (nSPS) is 10.8. The number of benzene rings is 2. The van der Waals surface area contributed by atoms with E-state index in [9.17, 15) is 9.90 Å². The fourth-order valence-electron chi connectivity index (χ4n) is 2.87. The number of carbonyl (C=O) groups excluding carboxylic acids is 1. The minimum absolute atomic E-state index is 0.0719. The van der Waals surface area contributed by atoms with Crippen LogP contribution in [0, 0.1) is 6.92 Å². The van der Waals surface area contributed by atoms with Crippen molar-refractivity contribution in [2.24, 2.45) is 0 Å². The van der Waals surface area contributed by atoms with Crippen LogP contribution in [0.2, 0.25) is 5.02 Å². The molecule has 3 aromatic rings. The molecule has 0 saturated carbocycles. The zero-order valence-electron chi connectivity index (χ0n) is 13.4. The number of aromatic nitrogens is 1. The topological polar surface area (TPSA) is 56.3 Å². The summed E-state index contributed by atoms with van der Waals surface area (Å²) in [5.74, 6) is -1.24. The first-order chi connectivity index (χ1) is 11.5. The van der Waals surface area contributed by atoms with E-state index < -0.39 is 5.97 Å². The van der Waals surface area contributed by atoms with Crippen LogP contribution in [0.4, 0.5) is 5.69 Å². The Kier molecular flexibility index (Phi) is 4.40. The van der Waals surface area contributed by atoms with Crippen molar-refractivity contribution in [1.82, 2.24) is 4.98 Å². The second-order valence-corrected chi connectivity index (χ2v) is 6.13. The average molecular weight is 340 g/mol. The third-order valence-corrected chi connectivity index (χ3v) is 4.47. The number of carboxylic acids is 1. The third kappa shape index (κ3) is 2.93. The number of fused-ring (bicyclic) bond motifs is 1. The van der Waals surface area contributed by atoms with Gasteiger partial charge in [0.05, 0.1) is 17.2 Å². The van der Waals surface area contributed by atoms with Crippen LogP contribution in [0.1, 0.15) is 21.5 Å². The number of rotatable bonds is 4. The molecule has 0 spiro atoms. The number of carboxylic acid groups (broad SMARTS) is 1. The van der Waals surface area contributed by atoms with Crippen molar-refractivity contribution in [2.45, 2.75) is 13.5 Å². The van der Waals surface area contributed by atoms with E-state index in [2.05, 4.69) is 4.98 Å². The molecular formula is C19H16ClN2O2-. The van der Waals surface area contributed by atoms with E-state index in [1.54, 1.807) is 12.1 Å². The lowest BCUT2D eigenvalue weighted by atomic mass is 10.0. The highest BCUT2D eigenvalue weighted by atomic mass is 35.5. The molecule has 122 valence electrons. The zero-order chi connectivity index (χ0) is 17.3. The first kappa shape index (κ1) is 16.3. The van der Waals surface area contributed by atoms with Gasteiger partial charge in [0, 0.05) is 35.8 Å². The SMILES string of the molecule is Cc1c(Cl)ccc2c(N(C)Cc3ccccc3)c(C(=O)[O-])cnc12. The standard InChI is InChI=1S/C19H17ClN2O2/c1-12-16(20)9-8-14-17(12)21-10-15(19(23)24)18(14)22(2)11-13-6-4-3-5-7-13/h3-10H,11H2,1-2H3,(H,23,24)/p-1. The van der Waals surface area contributed by atoms with Gasteiger partial charge in [0.15, 0.2) is 0 Å². The van der Waals surface area contributed by atoms with E-state index in [-0.39, 0.29) is 5.56 Å². The van der Waals surface area contributed by atoms with Gasteiger partial charge in [0.25, 0.3) is 0 Å². The minimum atomic E-state index is -1.24. The van der Waals surface area contributed by atoms with E-state index in [0.29, 0.717) is 22.8 Å². The predicted molar refractivity (Wildman–Crippen MR) is 94.4 cm³/mol. The summed E-state index contributed by atoms with van der Waals surface area (Å²) in [6, 6.07) is 13.4. The van der Waals surface area contributed by atoms with Crippen LogP contribution < -0.4 is 10.0 Å². The molecule has 4 nitrogen and oxygen atoms in total. The molecule has 2 aromatic carbocycles. The number of hydrogen-bond donors (Lipinski definition) is 0. The van der Waals surface area contributed by atoms with Gasteiger partial charge in [-0.3, -0.25) is 4.98 Å². The minimum Gasteiger partial charge on any atom is -0.545 e. The monoisotopic (exact) mass is 339 g/mol. The molecule has 0 N–H and O–H groups in total. The van der Waals surface area contributed by atoms with Gasteiger partial charge in [0.2, 0.25) is 0 Å². The molecule has 1 aromatic heterocycles. The fourth-order valence-corrected chi connectivity index (χ4v) is 3.02. The van der Waals surface area contributed by atoms with Crippen LogP contribution in [0.5, 0.6) is 0 Å². The van der Waals surface area contributed by atoms with Gasteiger partial charge >= 0.3 is 0 Å². The Morgan fingerprint density at radius 1 is 1.21 bits per heavy atom. The van der Waals surface area contributed by atoms with Gasteiger partial charge in [-0.1, -0.05) is 41.9 Å². The van der Waals surface area contributed by atoms with Crippen LogP contribution >= 0.6 is 11.6 Å². The predicted octanol–water partition coefficient (Wildman–Crippen LogP) is 3.20. The second-order valence-electron chi connectivity index (χ2n) is 5.72. The van der Waals surface area contributed by atoms with Crippen LogP contribution in [0.25, 0.3) is 10.9 Å². The van der Waals surface area contributed by atoms with Gasteiger partial charge in [-0.25, -0.2) is 0 Å². The van der Waals surface area contributed by atoms with E-state index in [1.807, 2.05) is 49.2 Å². The summed E-state index contributed by atoms with van der Waals surface area (Å²) in [5, 5.41) is 12.9. The summed E-state index contributed by atoms with van der Waals surface area (Å²) in [6.45, 7) is 2.44. The molecule has 1 heterocycles. The van der Waals surface area contributed by atoms with E-state index >= 15 is 0 Å². The van der Waals surface area contributed by atoms with Gasteiger partial charge < -0.3 is 14.8 Å². The molecule has 3 rings (SSSR count). The van der Waals surface area contributed by atoms with Crippen LogP contribution in [-0.2, 0) is 6.54 Å². The van der Waals surface area contributed by atoms with E-state index in [1.165, 1.54) is 6.20 Å². The second kappa shape index (κ2) is 6.49. The summed E-state index contributed by atoms with van der Waals surface area (Å²) in [5.41, 5.74) is 3.27. The Morgan fingerprint density at radius 3 is 2.58 bits per heavy atom. The van der Waals surface area contributed by atoms with Gasteiger partial charge in [0.1, 0.15) is 0 Å². The number of hydrogen-bond acceptors (Lipinski definition) is 4. The maximum absolute atomic E-state index is 11.6. The molecule has 0 fully saturated rings. The lowest BCUT2D eigenvalue weighted by Crippen LogP contribution is -2.27. The average Bonchev–Trinajstić information content (AvgIpc) is 2.58. The molecule has 0 aliphatic carbocycles. The number of halogens is 1. The Hall–Kier alpha value is -2.59. The van der Waals surface area contributed by atoms with Crippen molar-refractivity contribution in [3.05, 3.63) is 70.4 Å². The smallest absolute Gasteiger partial charge is 0.0767 e. The highest BCUT2D eigenvalue weighted by Crippen LogP contribution is 2.33. The first-order valence-electron chi connectivity index (χ1n) is 7.53. The van der Waals surface area contributed by atoms with Crippen LogP contribution in [-0.4, -0.2) is 18.0 Å². The van der Waals surface area contributed by atoms with Gasteiger partial charge in [-0.05, 0) is 30.2 Å². The van der Waals surface area contributed by atoms with E-state index in [0.717, 1.165) is 16.5 Å². The maximum Gasteiger partial charge on any atom is 0.0767 e. The van der Waals surface area contributed by atoms with Crippen molar-refractivity contribution < 1.29 is 9.90 Å². The Morgan fingerprint density at radius 2 is 1.92 bits per heavy atom. The molecule has 0 aliphatic heterocycles. The Labute approximate surface area is 145 Å². The molecule has 0 atom stereocenters. The Bertz CT molecular complexity index is 910. The number of aromatic carboxylic acids is 1. The molecule has 0 amide bonds. The number of carbonyl (C=O) groups is 1. The van der Waals surface area contributed by atoms with Crippen molar-refractivity contribution in [3.8, 4) is 0 Å². The molecular weight excluding hydrogens is 324 g/mol. The summed E-state index contributed by atoms with van der Waals surface area (Å²) < 4.78 is 0. The van der Waals surface area contributed by atoms with Crippen LogP contribution in [0.3, 0.4) is 0 Å².